The number of carbonyl (C=O) groups is 2. The van der Waals surface area contributed by atoms with Crippen LogP contribution in [0.3, 0.4) is 0 Å². The van der Waals surface area contributed by atoms with Gasteiger partial charge in [-0.25, -0.2) is 19.9 Å². The molecule has 0 aliphatic heterocycles. The van der Waals surface area contributed by atoms with Gasteiger partial charge in [0, 0.05) is 23.4 Å². The maximum absolute atomic E-state index is 13.4. The van der Waals surface area contributed by atoms with Gasteiger partial charge in [-0.05, 0) is 31.2 Å². The molecule has 0 aliphatic carbocycles. The molecule has 0 radical (unpaired) electrons. The SMILES string of the molecule is C[C@H](Nc1cc(C(=O)Nc2ccccc2-c2nc3cccnc3s2)nc(-c2ccccc2)n1)C(=O)O. The van der Waals surface area contributed by atoms with Crippen LogP contribution in [0.15, 0.2) is 79.0 Å². The van der Waals surface area contributed by atoms with E-state index in [1.807, 2.05) is 60.7 Å². The average molecular weight is 497 g/mol. The van der Waals surface area contributed by atoms with Gasteiger partial charge in [-0.1, -0.05) is 53.8 Å². The van der Waals surface area contributed by atoms with Crippen molar-refractivity contribution in [1.82, 2.24) is 19.9 Å². The number of para-hydroxylation sites is 1. The predicted octanol–water partition coefficient (Wildman–Crippen LogP) is 4.95. The maximum atomic E-state index is 13.4. The van der Waals surface area contributed by atoms with Crippen LogP contribution in [0.4, 0.5) is 11.5 Å². The molecule has 0 bridgehead atoms. The van der Waals surface area contributed by atoms with E-state index in [9.17, 15) is 14.7 Å². The number of anilines is 2. The monoisotopic (exact) mass is 496 g/mol. The summed E-state index contributed by atoms with van der Waals surface area (Å²) in [5.74, 6) is -0.976. The number of carbonyl (C=O) groups excluding carboxylic acids is 1. The standard InChI is InChI=1S/C26H20N6O3S/c1-15(26(34)35)28-21-14-20(29-22(32-21)16-8-3-2-4-9-16)23(33)30-18-11-6-5-10-17(18)24-31-19-12-7-13-27-25(19)36-24/h2-15H,1H3,(H,30,33)(H,34,35)(H,28,29,32)/t15-/m0/s1. The van der Waals surface area contributed by atoms with Gasteiger partial charge < -0.3 is 15.7 Å². The third kappa shape index (κ3) is 4.89. The fourth-order valence-electron chi connectivity index (χ4n) is 3.49. The van der Waals surface area contributed by atoms with E-state index in [2.05, 4.69) is 30.6 Å². The molecule has 0 fully saturated rings. The summed E-state index contributed by atoms with van der Waals surface area (Å²) in [6, 6.07) is 20.8. The number of hydrogen-bond donors (Lipinski definition) is 3. The molecule has 5 aromatic rings. The molecule has 0 saturated heterocycles. The molecule has 0 saturated carbocycles. The minimum atomic E-state index is -1.04. The first-order chi connectivity index (χ1) is 17.5. The van der Waals surface area contributed by atoms with E-state index in [0.717, 1.165) is 20.9 Å². The molecule has 2 aromatic carbocycles. The second kappa shape index (κ2) is 9.88. The van der Waals surface area contributed by atoms with Crippen molar-refractivity contribution < 1.29 is 14.7 Å². The molecular formula is C26H20N6O3S. The number of aliphatic carboxylic acids is 1. The minimum Gasteiger partial charge on any atom is -0.480 e. The quantitative estimate of drug-likeness (QED) is 0.288. The fraction of sp³-hybridized carbons (Fsp3) is 0.0769. The molecule has 10 heteroatoms. The second-order valence-electron chi connectivity index (χ2n) is 7.88. The molecule has 3 heterocycles. The van der Waals surface area contributed by atoms with E-state index < -0.39 is 17.9 Å². The molecule has 178 valence electrons. The van der Waals surface area contributed by atoms with E-state index in [1.165, 1.54) is 24.3 Å². The Bertz CT molecular complexity index is 1540. The highest BCUT2D eigenvalue weighted by Crippen LogP contribution is 2.33. The smallest absolute Gasteiger partial charge is 0.325 e. The molecule has 9 nitrogen and oxygen atoms in total. The number of nitrogens with one attached hydrogen (secondary N) is 2. The largest absolute Gasteiger partial charge is 0.480 e. The summed E-state index contributed by atoms with van der Waals surface area (Å²) >= 11 is 1.43. The Morgan fingerprint density at radius 1 is 0.944 bits per heavy atom. The number of fused-ring (bicyclic) bond motifs is 1. The van der Waals surface area contributed by atoms with Crippen LogP contribution in [0.25, 0.3) is 32.3 Å². The summed E-state index contributed by atoms with van der Waals surface area (Å²) in [5.41, 5.74) is 2.88. The van der Waals surface area contributed by atoms with Crippen LogP contribution in [0.5, 0.6) is 0 Å². The van der Waals surface area contributed by atoms with Crippen molar-refractivity contribution in [3.05, 3.63) is 84.7 Å². The average Bonchev–Trinajstić information content (AvgIpc) is 3.33. The van der Waals surface area contributed by atoms with Crippen molar-refractivity contribution in [1.29, 1.82) is 0 Å². The number of nitrogens with zero attached hydrogens (tertiary/aromatic N) is 4. The topological polar surface area (TPSA) is 130 Å². The van der Waals surface area contributed by atoms with Gasteiger partial charge in [-0.2, -0.15) is 0 Å². The molecule has 1 atom stereocenters. The Kier molecular flexibility index (Phi) is 6.33. The highest BCUT2D eigenvalue weighted by molar-refractivity contribution is 7.21. The Hall–Kier alpha value is -4.70. The normalized spacial score (nSPS) is 11.7. The van der Waals surface area contributed by atoms with Crippen LogP contribution < -0.4 is 10.6 Å². The molecule has 0 spiro atoms. The molecule has 0 unspecified atom stereocenters. The van der Waals surface area contributed by atoms with Crippen LogP contribution in [0, 0.1) is 0 Å². The van der Waals surface area contributed by atoms with Gasteiger partial charge in [0.15, 0.2) is 5.82 Å². The van der Waals surface area contributed by atoms with Gasteiger partial charge in [0.25, 0.3) is 5.91 Å². The van der Waals surface area contributed by atoms with Crippen LogP contribution in [0.2, 0.25) is 0 Å². The molecular weight excluding hydrogens is 476 g/mol. The zero-order chi connectivity index (χ0) is 25.1. The second-order valence-corrected chi connectivity index (χ2v) is 8.86. The van der Waals surface area contributed by atoms with E-state index >= 15 is 0 Å². The lowest BCUT2D eigenvalue weighted by Crippen LogP contribution is -2.26. The molecule has 1 amide bonds. The van der Waals surface area contributed by atoms with Crippen molar-refractivity contribution in [3.63, 3.8) is 0 Å². The Morgan fingerprint density at radius 3 is 2.50 bits per heavy atom. The van der Waals surface area contributed by atoms with E-state index in [0.29, 0.717) is 17.1 Å². The van der Waals surface area contributed by atoms with Gasteiger partial charge >= 0.3 is 5.97 Å². The number of pyridine rings is 1. The number of hydrogen-bond acceptors (Lipinski definition) is 8. The predicted molar refractivity (Wildman–Crippen MR) is 139 cm³/mol. The van der Waals surface area contributed by atoms with E-state index in [1.54, 1.807) is 12.3 Å². The summed E-state index contributed by atoms with van der Waals surface area (Å²) in [4.78, 5) is 43.4. The number of carboxylic acids is 1. The van der Waals surface area contributed by atoms with Crippen molar-refractivity contribution in [2.45, 2.75) is 13.0 Å². The number of aromatic nitrogens is 4. The molecule has 3 aromatic heterocycles. The Balaban J connectivity index is 1.50. The third-order valence-corrected chi connectivity index (χ3v) is 6.31. The minimum absolute atomic E-state index is 0.0877. The number of carboxylic acid groups (broad SMARTS) is 1. The first kappa shape index (κ1) is 23.1. The zero-order valence-corrected chi connectivity index (χ0v) is 19.9. The van der Waals surface area contributed by atoms with Crippen LogP contribution in [0.1, 0.15) is 17.4 Å². The first-order valence-corrected chi connectivity index (χ1v) is 11.9. The lowest BCUT2D eigenvalue weighted by Gasteiger charge is -2.13. The number of amides is 1. The lowest BCUT2D eigenvalue weighted by molar-refractivity contribution is -0.137. The number of benzene rings is 2. The van der Waals surface area contributed by atoms with E-state index in [4.69, 9.17) is 0 Å². The van der Waals surface area contributed by atoms with Gasteiger partial charge in [-0.15, -0.1) is 0 Å². The van der Waals surface area contributed by atoms with Crippen LogP contribution >= 0.6 is 11.3 Å². The van der Waals surface area contributed by atoms with Crippen LogP contribution in [-0.2, 0) is 4.79 Å². The number of rotatable bonds is 7. The molecule has 5 rings (SSSR count). The Morgan fingerprint density at radius 2 is 1.72 bits per heavy atom. The Labute approximate surface area is 209 Å². The molecule has 36 heavy (non-hydrogen) atoms. The highest BCUT2D eigenvalue weighted by atomic mass is 32.1. The van der Waals surface area contributed by atoms with Crippen molar-refractivity contribution in [2.75, 3.05) is 10.6 Å². The first-order valence-electron chi connectivity index (χ1n) is 11.0. The van der Waals surface area contributed by atoms with Crippen molar-refractivity contribution >= 4 is 45.1 Å². The van der Waals surface area contributed by atoms with Gasteiger partial charge in [0.2, 0.25) is 0 Å². The van der Waals surface area contributed by atoms with Gasteiger partial charge in [-0.3, -0.25) is 9.59 Å². The summed E-state index contributed by atoms with van der Waals surface area (Å²) in [6.07, 6.45) is 1.72. The maximum Gasteiger partial charge on any atom is 0.325 e. The van der Waals surface area contributed by atoms with E-state index in [-0.39, 0.29) is 11.5 Å². The van der Waals surface area contributed by atoms with Crippen molar-refractivity contribution in [3.8, 4) is 22.0 Å². The lowest BCUT2D eigenvalue weighted by atomic mass is 10.1. The van der Waals surface area contributed by atoms with Crippen molar-refractivity contribution in [2.24, 2.45) is 0 Å². The molecule has 0 aliphatic rings. The van der Waals surface area contributed by atoms with Gasteiger partial charge in [0.1, 0.15) is 32.9 Å². The molecule has 3 N–H and O–H groups in total. The zero-order valence-electron chi connectivity index (χ0n) is 19.0. The summed E-state index contributed by atoms with van der Waals surface area (Å²) in [6.45, 7) is 1.50. The number of thiazole rings is 1. The summed E-state index contributed by atoms with van der Waals surface area (Å²) in [5, 5.41) is 15.8. The summed E-state index contributed by atoms with van der Waals surface area (Å²) in [7, 11) is 0. The van der Waals surface area contributed by atoms with Gasteiger partial charge in [0.05, 0.1) is 5.69 Å². The fourth-order valence-corrected chi connectivity index (χ4v) is 4.43. The van der Waals surface area contributed by atoms with Crippen LogP contribution in [-0.4, -0.2) is 43.0 Å². The highest BCUT2D eigenvalue weighted by Gasteiger charge is 2.19. The third-order valence-electron chi connectivity index (χ3n) is 5.30. The summed E-state index contributed by atoms with van der Waals surface area (Å²) < 4.78 is 0.